The van der Waals surface area contributed by atoms with Gasteiger partial charge in [-0.2, -0.15) is 0 Å². The molecule has 0 radical (unpaired) electrons. The molecule has 0 aromatic carbocycles. The van der Waals surface area contributed by atoms with Gasteiger partial charge in [0.25, 0.3) is 0 Å². The van der Waals surface area contributed by atoms with Crippen LogP contribution in [0.1, 0.15) is 19.2 Å². The van der Waals surface area contributed by atoms with Crippen LogP contribution in [0, 0.1) is 0 Å². The molecule has 2 saturated heterocycles. The number of aliphatic hydroxyl groups is 8. The van der Waals surface area contributed by atoms with Crippen molar-refractivity contribution in [3.8, 4) is 0 Å². The molecule has 23 heavy (non-hydrogen) atoms. The molecule has 11 nitrogen and oxygen atoms in total. The van der Waals surface area contributed by atoms with E-state index in [0.717, 1.165) is 0 Å². The topological polar surface area (TPSA) is 190 Å². The summed E-state index contributed by atoms with van der Waals surface area (Å²) in [6.45, 7) is -13.6. The van der Waals surface area contributed by atoms with Gasteiger partial charge in [-0.15, -0.1) is 0 Å². The van der Waals surface area contributed by atoms with Crippen LogP contribution < -0.4 is 0 Å². The van der Waals surface area contributed by atoms with Gasteiger partial charge in [0.1, 0.15) is 49.1 Å². The van der Waals surface area contributed by atoms with Crippen molar-refractivity contribution in [1.82, 2.24) is 0 Å². The molecule has 2 aliphatic heterocycles. The fourth-order valence-electron chi connectivity index (χ4n) is 1.53. The summed E-state index contributed by atoms with van der Waals surface area (Å²) in [5.74, 6) is -4.91. The second-order valence-corrected chi connectivity index (χ2v) is 3.95. The lowest BCUT2D eigenvalue weighted by molar-refractivity contribution is -0.383. The SMILES string of the molecule is [2H]C([2H])(O)[C@@]1(O[C@@]2([2H])O[C@]([2H])(C([2H])([2H])O)[C@@]([2H])(O)[C@]([2H])(O)[C@@]2([2H])O)O[C@]([2H])(C([2H])([2H])O)[C@@]([2H])(O)[C@]1([2H])O. The fourth-order valence-corrected chi connectivity index (χ4v) is 1.53. The maximum absolute atomic E-state index is 10.5. The van der Waals surface area contributed by atoms with E-state index in [-0.39, 0.29) is 0 Å². The summed E-state index contributed by atoms with van der Waals surface area (Å²) in [5.41, 5.74) is 0. The molecule has 0 bridgehead atoms. The molecule has 0 spiro atoms. The molecule has 11 heteroatoms. The van der Waals surface area contributed by atoms with Gasteiger partial charge in [0.15, 0.2) is 6.27 Å². The van der Waals surface area contributed by atoms with Crippen molar-refractivity contribution in [3.63, 3.8) is 0 Å². The Morgan fingerprint density at radius 1 is 0.913 bits per heavy atom. The second kappa shape index (κ2) is 7.21. The lowest BCUT2D eigenvalue weighted by Crippen LogP contribution is -2.62. The minimum Gasteiger partial charge on any atom is -0.394 e. The lowest BCUT2D eigenvalue weighted by atomic mass is 9.99. The fraction of sp³-hybridized carbons (Fsp3) is 1.00. The van der Waals surface area contributed by atoms with Crippen LogP contribution in [0.15, 0.2) is 0 Å². The van der Waals surface area contributed by atoms with Crippen LogP contribution in [0.25, 0.3) is 0 Å². The minimum atomic E-state index is -4.91. The molecule has 0 unspecified atom stereocenters. The molecule has 0 aromatic rings. The average Bonchev–Trinajstić information content (AvgIpc) is 2.74. The Kier molecular flexibility index (Phi) is 2.33. The first kappa shape index (κ1) is 7.43. The van der Waals surface area contributed by atoms with Gasteiger partial charge < -0.3 is 55.1 Å². The Bertz CT molecular complexity index is 944. The van der Waals surface area contributed by atoms with Crippen molar-refractivity contribution in [2.45, 2.75) is 54.6 Å². The molecule has 0 aromatic heterocycles. The van der Waals surface area contributed by atoms with Gasteiger partial charge in [0.05, 0.1) is 32.3 Å². The van der Waals surface area contributed by atoms with Crippen LogP contribution in [0.5, 0.6) is 0 Å². The Labute approximate surface area is 150 Å². The monoisotopic (exact) mass is 356 g/mol. The highest BCUT2D eigenvalue weighted by atomic mass is 16.8. The zero-order chi connectivity index (χ0) is 30.1. The highest BCUT2D eigenvalue weighted by molar-refractivity contribution is 4.98. The molecule has 0 saturated carbocycles. The first-order valence-electron chi connectivity index (χ1n) is 12.5. The van der Waals surface area contributed by atoms with E-state index in [0.29, 0.717) is 0 Å². The number of rotatable bonds is 5. The van der Waals surface area contributed by atoms with Gasteiger partial charge >= 0.3 is 0 Å². The third-order valence-electron chi connectivity index (χ3n) is 2.64. The number of hydrogen-bond donors (Lipinski definition) is 8. The van der Waals surface area contributed by atoms with E-state index in [1.54, 1.807) is 0 Å². The number of hydrogen-bond acceptors (Lipinski definition) is 11. The van der Waals surface area contributed by atoms with Crippen LogP contribution >= 0.6 is 0 Å². The van der Waals surface area contributed by atoms with E-state index >= 15 is 0 Å². The molecule has 2 aliphatic rings. The Balaban J connectivity index is 2.97. The quantitative estimate of drug-likeness (QED) is 0.235. The highest BCUT2D eigenvalue weighted by Gasteiger charge is 2.58. The Morgan fingerprint density at radius 2 is 1.52 bits per heavy atom. The number of ether oxygens (including phenoxy) is 3. The van der Waals surface area contributed by atoms with Crippen molar-refractivity contribution >= 4 is 0 Å². The lowest BCUT2D eigenvalue weighted by Gasteiger charge is -2.43. The average molecular weight is 356 g/mol. The van der Waals surface area contributed by atoms with Crippen LogP contribution in [-0.2, 0) is 14.2 Å². The van der Waals surface area contributed by atoms with E-state index in [1.807, 2.05) is 0 Å². The van der Waals surface area contributed by atoms with Crippen molar-refractivity contribution in [1.29, 1.82) is 0 Å². The maximum Gasteiger partial charge on any atom is 0.224 e. The van der Waals surface area contributed by atoms with E-state index in [2.05, 4.69) is 14.2 Å². The largest absolute Gasteiger partial charge is 0.394 e. The van der Waals surface area contributed by atoms with Gasteiger partial charge in [-0.3, -0.25) is 0 Å². The predicted molar refractivity (Wildman–Crippen MR) is 68.6 cm³/mol. The van der Waals surface area contributed by atoms with Gasteiger partial charge in [0.2, 0.25) is 5.79 Å². The highest BCUT2D eigenvalue weighted by Crippen LogP contribution is 2.35. The van der Waals surface area contributed by atoms with Crippen molar-refractivity contribution < 1.29 is 74.3 Å². The van der Waals surface area contributed by atoms with Crippen LogP contribution in [0.4, 0.5) is 0 Å². The molecular weight excluding hydrogens is 320 g/mol. The maximum atomic E-state index is 10.5. The zero-order valence-electron chi connectivity index (χ0n) is 24.8. The molecule has 2 rings (SSSR count). The van der Waals surface area contributed by atoms with Crippen molar-refractivity contribution in [3.05, 3.63) is 0 Å². The van der Waals surface area contributed by atoms with Crippen molar-refractivity contribution in [2.24, 2.45) is 0 Å². The smallest absolute Gasteiger partial charge is 0.224 e. The molecule has 2 fully saturated rings. The molecule has 0 amide bonds. The third kappa shape index (κ3) is 3.23. The van der Waals surface area contributed by atoms with E-state index in [1.165, 1.54) is 0 Å². The summed E-state index contributed by atoms with van der Waals surface area (Å²) in [4.78, 5) is 0. The molecule has 9 atom stereocenters. The minimum absolute atomic E-state index is 4.21. The zero-order valence-corrected chi connectivity index (χ0v) is 10.8. The molecule has 0 aliphatic carbocycles. The second-order valence-electron chi connectivity index (χ2n) is 3.95. The van der Waals surface area contributed by atoms with Crippen LogP contribution in [0.3, 0.4) is 0 Å². The van der Waals surface area contributed by atoms with Gasteiger partial charge in [-0.1, -0.05) is 0 Å². The summed E-state index contributed by atoms with van der Waals surface area (Å²) in [6, 6.07) is 0. The molecule has 136 valence electrons. The first-order chi connectivity index (χ1) is 15.6. The van der Waals surface area contributed by atoms with Gasteiger partial charge in [-0.25, -0.2) is 0 Å². The summed E-state index contributed by atoms with van der Waals surface area (Å²) in [6.07, 6.45) is -37.9. The van der Waals surface area contributed by atoms with Crippen LogP contribution in [0.2, 0.25) is 0 Å². The van der Waals surface area contributed by atoms with Crippen molar-refractivity contribution in [2.75, 3.05) is 19.7 Å². The van der Waals surface area contributed by atoms with Gasteiger partial charge in [-0.05, 0) is 0 Å². The molecule has 2 heterocycles. The van der Waals surface area contributed by atoms with E-state index in [4.69, 9.17) is 19.2 Å². The predicted octanol–water partition coefficient (Wildman–Crippen LogP) is -5.40. The van der Waals surface area contributed by atoms with E-state index in [9.17, 15) is 40.9 Å². The first-order valence-corrected chi connectivity index (χ1v) is 5.51. The summed E-state index contributed by atoms with van der Waals surface area (Å²) < 4.78 is 119. The summed E-state index contributed by atoms with van der Waals surface area (Å²) >= 11 is 0. The molecular formula is C12H22O11. The normalized spacial score (nSPS) is 87.5. The Morgan fingerprint density at radius 3 is 2.00 bits per heavy atom. The summed E-state index contributed by atoms with van der Waals surface area (Å²) in [7, 11) is 0. The Hall–Kier alpha value is -0.440. The standard InChI is InChI=1S/C12H22O11/c13-1-4-6(16)8(18)9(19)11(21-4)23-12(3-15)10(20)7(17)5(2-14)22-12/h4-11,13-20H,1-3H2/t4-,5-,6-,7-,8+,9-,10+,11-,12+/m1/s1/i1D2,2D2,3D2,4D,5D,6D,7D,8D,9D,10D,11D. The summed E-state index contributed by atoms with van der Waals surface area (Å²) in [5, 5.41) is 81.0. The van der Waals surface area contributed by atoms with E-state index < -0.39 is 74.3 Å². The molecule has 8 N–H and O–H groups in total. The van der Waals surface area contributed by atoms with Crippen LogP contribution in [-0.4, -0.2) is 115 Å². The van der Waals surface area contributed by atoms with Gasteiger partial charge in [0, 0.05) is 0 Å². The third-order valence-corrected chi connectivity index (χ3v) is 2.64.